The molecule has 0 bridgehead atoms. The number of amides is 3. The molecule has 0 aliphatic heterocycles. The van der Waals surface area contributed by atoms with Crippen molar-refractivity contribution in [1.82, 2.24) is 25.3 Å². The number of nitrogens with zero attached hydrogens (tertiary/aromatic N) is 4. The van der Waals surface area contributed by atoms with Crippen LogP contribution in [0, 0.1) is 0 Å². The van der Waals surface area contributed by atoms with Crippen molar-refractivity contribution in [3.8, 4) is 27.6 Å². The van der Waals surface area contributed by atoms with E-state index in [-0.39, 0.29) is 45.6 Å². The topological polar surface area (TPSA) is 156 Å². The molecule has 3 heterocycles. The van der Waals surface area contributed by atoms with Crippen LogP contribution in [-0.2, 0) is 6.18 Å². The number of hydrogen-bond donors (Lipinski definition) is 4. The maximum atomic E-state index is 13.3. The zero-order chi connectivity index (χ0) is 27.3. The molecule has 3 aromatic rings. The third kappa shape index (κ3) is 6.90. The number of rotatable bonds is 8. The Labute approximate surface area is 213 Å². The highest BCUT2D eigenvalue weighted by Gasteiger charge is 2.34. The first kappa shape index (κ1) is 27.8. The molecule has 198 valence electrons. The van der Waals surface area contributed by atoms with Gasteiger partial charge in [0.05, 0.1) is 11.7 Å². The maximum absolute atomic E-state index is 13.3. The number of urea groups is 1. The Kier molecular flexibility index (Phi) is 8.62. The number of nitrogens with two attached hydrogens (primary N) is 1. The zero-order valence-corrected chi connectivity index (χ0v) is 20.8. The van der Waals surface area contributed by atoms with E-state index in [0.717, 1.165) is 21.7 Å². The van der Waals surface area contributed by atoms with Gasteiger partial charge in [0.1, 0.15) is 17.4 Å². The van der Waals surface area contributed by atoms with E-state index < -0.39 is 29.9 Å². The first-order valence-corrected chi connectivity index (χ1v) is 11.7. The van der Waals surface area contributed by atoms with Crippen LogP contribution in [0.15, 0.2) is 29.9 Å². The number of hydrazine groups is 1. The molecule has 0 saturated carbocycles. The fraction of sp³-hybridized carbons (Fsp3) is 0.318. The highest BCUT2D eigenvalue weighted by atomic mass is 32.1. The standard InChI is InChI=1S/C22H24F3N7O4S/c1-4-27-21(35)31-17-6-14(19-30-16(10-37-19)22(23,24)25)15(8-28-17)13-5-12(20(34)32(3)26)7-29-18(13)36-9-11(2)33/h5-8,10-11,33H,4,9,26H2,1-3H3,(H2,27,28,31,35)/t11-/m0/s1. The molecule has 0 fully saturated rings. The lowest BCUT2D eigenvalue weighted by atomic mass is 10.0. The molecule has 3 aromatic heterocycles. The molecule has 5 N–H and O–H groups in total. The summed E-state index contributed by atoms with van der Waals surface area (Å²) >= 11 is 0.732. The molecule has 0 aromatic carbocycles. The van der Waals surface area contributed by atoms with Gasteiger partial charge in [-0.1, -0.05) is 0 Å². The molecule has 1 atom stereocenters. The van der Waals surface area contributed by atoms with Gasteiger partial charge in [0, 0.05) is 48.1 Å². The summed E-state index contributed by atoms with van der Waals surface area (Å²) in [5.41, 5.74) is -0.464. The monoisotopic (exact) mass is 539 g/mol. The number of halogens is 3. The average Bonchev–Trinajstić information content (AvgIpc) is 3.33. The van der Waals surface area contributed by atoms with E-state index in [4.69, 9.17) is 10.6 Å². The van der Waals surface area contributed by atoms with Crippen LogP contribution in [0.5, 0.6) is 5.88 Å². The Hall–Kier alpha value is -3.82. The number of aliphatic hydroxyl groups excluding tert-OH is 1. The lowest BCUT2D eigenvalue weighted by molar-refractivity contribution is -0.140. The summed E-state index contributed by atoms with van der Waals surface area (Å²) in [4.78, 5) is 36.6. The molecule has 0 saturated heterocycles. The summed E-state index contributed by atoms with van der Waals surface area (Å²) in [6.07, 6.45) is -3.02. The van der Waals surface area contributed by atoms with Gasteiger partial charge in [-0.2, -0.15) is 13.2 Å². The minimum Gasteiger partial charge on any atom is -0.474 e. The number of hydrogen-bond acceptors (Lipinski definition) is 9. The Bertz CT molecular complexity index is 1280. The number of anilines is 1. The summed E-state index contributed by atoms with van der Waals surface area (Å²) in [6.45, 7) is 3.39. The van der Waals surface area contributed by atoms with Gasteiger partial charge in [-0.05, 0) is 26.0 Å². The van der Waals surface area contributed by atoms with Gasteiger partial charge in [0.15, 0.2) is 5.69 Å². The van der Waals surface area contributed by atoms with E-state index >= 15 is 0 Å². The third-order valence-electron chi connectivity index (χ3n) is 4.68. The first-order valence-electron chi connectivity index (χ1n) is 10.8. The van der Waals surface area contributed by atoms with Gasteiger partial charge >= 0.3 is 12.2 Å². The van der Waals surface area contributed by atoms with E-state index in [1.165, 1.54) is 38.5 Å². The van der Waals surface area contributed by atoms with Gasteiger partial charge in [-0.15, -0.1) is 11.3 Å². The zero-order valence-electron chi connectivity index (χ0n) is 20.0. The van der Waals surface area contributed by atoms with E-state index in [1.54, 1.807) is 6.92 Å². The molecule has 0 aliphatic rings. The highest BCUT2D eigenvalue weighted by molar-refractivity contribution is 7.13. The second kappa shape index (κ2) is 11.5. The molecule has 11 nitrogen and oxygen atoms in total. The van der Waals surface area contributed by atoms with E-state index in [1.807, 2.05) is 0 Å². The van der Waals surface area contributed by atoms with Crippen molar-refractivity contribution in [3.05, 3.63) is 41.2 Å². The SMILES string of the molecule is CCNC(=O)Nc1cc(-c2nc(C(F)(F)F)cs2)c(-c2cc(C(=O)N(C)N)cnc2OC[C@H](C)O)cn1. The minimum absolute atomic E-state index is 0.0165. The Morgan fingerprint density at radius 1 is 1.22 bits per heavy atom. The quantitative estimate of drug-likeness (QED) is 0.193. The first-order chi connectivity index (χ1) is 17.4. The molecule has 0 unspecified atom stereocenters. The summed E-state index contributed by atoms with van der Waals surface area (Å²) < 4.78 is 45.5. The van der Waals surface area contributed by atoms with Gasteiger partial charge in [-0.25, -0.2) is 25.6 Å². The van der Waals surface area contributed by atoms with Crippen molar-refractivity contribution < 1.29 is 32.6 Å². The van der Waals surface area contributed by atoms with Crippen molar-refractivity contribution >= 4 is 29.1 Å². The van der Waals surface area contributed by atoms with E-state index in [2.05, 4.69) is 25.6 Å². The number of aliphatic hydroxyl groups is 1. The molecule has 37 heavy (non-hydrogen) atoms. The Balaban J connectivity index is 2.22. The van der Waals surface area contributed by atoms with Gasteiger partial charge in [-0.3, -0.25) is 15.1 Å². The second-order valence-corrected chi connectivity index (χ2v) is 8.65. The molecule has 0 aliphatic carbocycles. The largest absolute Gasteiger partial charge is 0.474 e. The van der Waals surface area contributed by atoms with Crippen LogP contribution in [0.2, 0.25) is 0 Å². The van der Waals surface area contributed by atoms with E-state index in [9.17, 15) is 27.9 Å². The Morgan fingerprint density at radius 3 is 2.54 bits per heavy atom. The lowest BCUT2D eigenvalue weighted by Crippen LogP contribution is -2.33. The second-order valence-electron chi connectivity index (χ2n) is 7.79. The predicted molar refractivity (Wildman–Crippen MR) is 130 cm³/mol. The molecule has 0 spiro atoms. The number of pyridine rings is 2. The van der Waals surface area contributed by atoms with Crippen molar-refractivity contribution in [3.63, 3.8) is 0 Å². The number of carbonyl (C=O) groups is 2. The van der Waals surface area contributed by atoms with Gasteiger partial charge in [0.25, 0.3) is 5.91 Å². The van der Waals surface area contributed by atoms with Crippen LogP contribution in [0.1, 0.15) is 29.9 Å². The fourth-order valence-corrected chi connectivity index (χ4v) is 3.90. The van der Waals surface area contributed by atoms with Crippen molar-refractivity contribution in [2.24, 2.45) is 5.84 Å². The summed E-state index contributed by atoms with van der Waals surface area (Å²) in [5, 5.41) is 16.4. The number of thiazole rings is 1. The highest BCUT2D eigenvalue weighted by Crippen LogP contribution is 2.41. The van der Waals surface area contributed by atoms with Crippen molar-refractivity contribution in [1.29, 1.82) is 0 Å². The summed E-state index contributed by atoms with van der Waals surface area (Å²) in [6, 6.07) is 2.18. The average molecular weight is 540 g/mol. The Morgan fingerprint density at radius 2 is 1.95 bits per heavy atom. The normalized spacial score (nSPS) is 12.1. The number of nitrogens with one attached hydrogen (secondary N) is 2. The van der Waals surface area contributed by atoms with Gasteiger partial charge in [0.2, 0.25) is 5.88 Å². The van der Waals surface area contributed by atoms with Crippen LogP contribution in [-0.4, -0.2) is 63.3 Å². The van der Waals surface area contributed by atoms with Crippen LogP contribution in [0.3, 0.4) is 0 Å². The number of aromatic nitrogens is 3. The number of carbonyl (C=O) groups excluding carboxylic acids is 2. The van der Waals surface area contributed by atoms with Crippen LogP contribution in [0.4, 0.5) is 23.8 Å². The van der Waals surface area contributed by atoms with Crippen molar-refractivity contribution in [2.45, 2.75) is 26.1 Å². The molecule has 3 amide bonds. The predicted octanol–water partition coefficient (Wildman–Crippen LogP) is 3.13. The lowest BCUT2D eigenvalue weighted by Gasteiger charge is -2.17. The van der Waals surface area contributed by atoms with Crippen LogP contribution < -0.4 is 21.2 Å². The minimum atomic E-state index is -4.67. The third-order valence-corrected chi connectivity index (χ3v) is 5.55. The molecule has 0 radical (unpaired) electrons. The van der Waals surface area contributed by atoms with Crippen molar-refractivity contribution in [2.75, 3.05) is 25.5 Å². The maximum Gasteiger partial charge on any atom is 0.434 e. The number of ether oxygens (including phenoxy) is 1. The van der Waals surface area contributed by atoms with Crippen LogP contribution >= 0.6 is 11.3 Å². The molecule has 15 heteroatoms. The molecular formula is C22H24F3N7O4S. The van der Waals surface area contributed by atoms with Crippen LogP contribution in [0.25, 0.3) is 21.7 Å². The summed E-state index contributed by atoms with van der Waals surface area (Å²) in [5.74, 6) is 5.00. The molecule has 3 rings (SSSR count). The van der Waals surface area contributed by atoms with Gasteiger partial charge < -0.3 is 15.2 Å². The summed E-state index contributed by atoms with van der Waals surface area (Å²) in [7, 11) is 1.34. The molecular weight excluding hydrogens is 515 g/mol. The number of alkyl halides is 3. The fourth-order valence-electron chi connectivity index (χ4n) is 3.04. The smallest absolute Gasteiger partial charge is 0.434 e. The van der Waals surface area contributed by atoms with E-state index in [0.29, 0.717) is 6.54 Å².